The van der Waals surface area contributed by atoms with Crippen molar-refractivity contribution in [2.24, 2.45) is 11.3 Å². The van der Waals surface area contributed by atoms with Gasteiger partial charge >= 0.3 is 5.97 Å². The molecule has 0 amide bonds. The largest absolute Gasteiger partial charge is 0.481 e. The van der Waals surface area contributed by atoms with Crippen LogP contribution in [0.5, 0.6) is 0 Å². The number of ketones is 1. The van der Waals surface area contributed by atoms with E-state index in [0.29, 0.717) is 6.42 Å². The molecule has 23 heavy (non-hydrogen) atoms. The van der Waals surface area contributed by atoms with Crippen molar-refractivity contribution in [2.75, 3.05) is 13.1 Å². The first kappa shape index (κ1) is 15.9. The minimum absolute atomic E-state index is 0.105. The van der Waals surface area contributed by atoms with E-state index in [9.17, 15) is 23.1 Å². The second-order valence-corrected chi connectivity index (χ2v) is 7.92. The zero-order chi connectivity index (χ0) is 16.7. The Morgan fingerprint density at radius 2 is 1.96 bits per heavy atom. The van der Waals surface area contributed by atoms with Crippen LogP contribution in [-0.2, 0) is 19.6 Å². The fourth-order valence-corrected chi connectivity index (χ4v) is 4.87. The van der Waals surface area contributed by atoms with E-state index in [1.165, 1.54) is 28.6 Å². The van der Waals surface area contributed by atoms with Crippen LogP contribution >= 0.6 is 0 Å². The SMILES string of the molecule is O=C1C=C[C@@]2(C(=O)O)CN(S(=O)(=O)c3ccccc3)CC[C@H]2C1. The van der Waals surface area contributed by atoms with Gasteiger partial charge in [-0.25, -0.2) is 8.42 Å². The van der Waals surface area contributed by atoms with E-state index < -0.39 is 21.4 Å². The molecule has 0 unspecified atom stereocenters. The molecule has 1 aromatic carbocycles. The maximum absolute atomic E-state index is 12.7. The Balaban J connectivity index is 1.98. The summed E-state index contributed by atoms with van der Waals surface area (Å²) >= 11 is 0. The Kier molecular flexibility index (Phi) is 3.85. The van der Waals surface area contributed by atoms with Gasteiger partial charge in [0.2, 0.25) is 10.0 Å². The van der Waals surface area contributed by atoms with Gasteiger partial charge in [-0.3, -0.25) is 9.59 Å². The summed E-state index contributed by atoms with van der Waals surface area (Å²) in [4.78, 5) is 23.6. The third-order valence-electron chi connectivity index (χ3n) is 4.69. The van der Waals surface area contributed by atoms with Crippen molar-refractivity contribution < 1.29 is 23.1 Å². The standard InChI is InChI=1S/C16H17NO5S/c18-13-6-8-16(15(19)20)11-17(9-7-12(16)10-13)23(21,22)14-4-2-1-3-5-14/h1-6,8,12H,7,9-11H2,(H,19,20)/t12-,16+/m0/s1. The van der Waals surface area contributed by atoms with Crippen LogP contribution in [0.4, 0.5) is 0 Å². The fraction of sp³-hybridized carbons (Fsp3) is 0.375. The van der Waals surface area contributed by atoms with Gasteiger partial charge in [0.1, 0.15) is 5.41 Å². The first-order valence-electron chi connectivity index (χ1n) is 7.37. The lowest BCUT2D eigenvalue weighted by atomic mass is 9.66. The topological polar surface area (TPSA) is 91.8 Å². The van der Waals surface area contributed by atoms with Crippen molar-refractivity contribution in [2.45, 2.75) is 17.7 Å². The normalized spacial score (nSPS) is 28.3. The average molecular weight is 335 g/mol. The molecule has 0 radical (unpaired) electrons. The van der Waals surface area contributed by atoms with Crippen LogP contribution in [0.25, 0.3) is 0 Å². The molecule has 3 rings (SSSR count). The summed E-state index contributed by atoms with van der Waals surface area (Å²) in [6, 6.07) is 7.97. The second kappa shape index (κ2) is 5.58. The molecule has 2 aliphatic rings. The number of piperidine rings is 1. The molecule has 0 saturated carbocycles. The first-order chi connectivity index (χ1) is 10.9. The molecule has 1 N–H and O–H groups in total. The van der Waals surface area contributed by atoms with Gasteiger partial charge < -0.3 is 5.11 Å². The van der Waals surface area contributed by atoms with Crippen molar-refractivity contribution in [3.8, 4) is 0 Å². The van der Waals surface area contributed by atoms with Crippen LogP contribution in [0.3, 0.4) is 0 Å². The lowest BCUT2D eigenvalue weighted by Gasteiger charge is -2.44. The third kappa shape index (κ3) is 2.60. The molecule has 0 spiro atoms. The van der Waals surface area contributed by atoms with Gasteiger partial charge in [-0.2, -0.15) is 4.31 Å². The van der Waals surface area contributed by atoms with Gasteiger partial charge in [-0.15, -0.1) is 0 Å². The van der Waals surface area contributed by atoms with Gasteiger partial charge in [0, 0.05) is 19.5 Å². The number of fused-ring (bicyclic) bond motifs is 1. The number of benzene rings is 1. The van der Waals surface area contributed by atoms with E-state index in [4.69, 9.17) is 0 Å². The van der Waals surface area contributed by atoms with Crippen molar-refractivity contribution in [1.82, 2.24) is 4.31 Å². The number of sulfonamides is 1. The van der Waals surface area contributed by atoms with Gasteiger partial charge in [0.25, 0.3) is 0 Å². The number of aliphatic carboxylic acids is 1. The number of rotatable bonds is 3. The van der Waals surface area contributed by atoms with E-state index in [0.717, 1.165) is 0 Å². The Hall–Kier alpha value is -1.99. The molecule has 6 nitrogen and oxygen atoms in total. The van der Waals surface area contributed by atoms with Crippen LogP contribution < -0.4 is 0 Å². The van der Waals surface area contributed by atoms with Gasteiger partial charge in [0.15, 0.2) is 5.78 Å². The van der Waals surface area contributed by atoms with E-state index >= 15 is 0 Å². The summed E-state index contributed by atoms with van der Waals surface area (Å²) in [7, 11) is -3.75. The van der Waals surface area contributed by atoms with Crippen LogP contribution in [0.15, 0.2) is 47.4 Å². The lowest BCUT2D eigenvalue weighted by molar-refractivity contribution is -0.152. The molecular formula is C16H17NO5S. The Bertz CT molecular complexity index is 771. The van der Waals surface area contributed by atoms with Crippen LogP contribution in [0, 0.1) is 11.3 Å². The molecule has 1 aliphatic heterocycles. The zero-order valence-electron chi connectivity index (χ0n) is 12.4. The number of carboxylic acid groups (broad SMARTS) is 1. The number of carbonyl (C=O) groups is 2. The fourth-order valence-electron chi connectivity index (χ4n) is 3.34. The van der Waals surface area contributed by atoms with E-state index in [1.807, 2.05) is 0 Å². The monoisotopic (exact) mass is 335 g/mol. The average Bonchev–Trinajstić information content (AvgIpc) is 2.55. The Labute approximate surface area is 134 Å². The summed E-state index contributed by atoms with van der Waals surface area (Å²) in [5, 5.41) is 9.68. The zero-order valence-corrected chi connectivity index (χ0v) is 13.2. The highest BCUT2D eigenvalue weighted by Gasteiger charge is 2.52. The summed E-state index contributed by atoms with van der Waals surface area (Å²) in [6.07, 6.45) is 3.15. The quantitative estimate of drug-likeness (QED) is 0.899. The molecule has 1 saturated heterocycles. The first-order valence-corrected chi connectivity index (χ1v) is 8.81. The number of hydrogen-bond donors (Lipinski definition) is 1. The van der Waals surface area contributed by atoms with Gasteiger partial charge in [0.05, 0.1) is 4.90 Å². The number of carboxylic acids is 1. The van der Waals surface area contributed by atoms with Crippen molar-refractivity contribution in [3.63, 3.8) is 0 Å². The highest BCUT2D eigenvalue weighted by Crippen LogP contribution is 2.43. The molecule has 0 aromatic heterocycles. The number of allylic oxidation sites excluding steroid dienone is 1. The van der Waals surface area contributed by atoms with E-state index in [1.54, 1.807) is 18.2 Å². The van der Waals surface area contributed by atoms with Crippen LogP contribution in [0.1, 0.15) is 12.8 Å². The third-order valence-corrected chi connectivity index (χ3v) is 6.55. The predicted molar refractivity (Wildman–Crippen MR) is 82.1 cm³/mol. The highest BCUT2D eigenvalue weighted by molar-refractivity contribution is 7.89. The molecule has 122 valence electrons. The van der Waals surface area contributed by atoms with E-state index in [2.05, 4.69) is 0 Å². The van der Waals surface area contributed by atoms with E-state index in [-0.39, 0.29) is 36.1 Å². The predicted octanol–water partition coefficient (Wildman–Crippen LogP) is 1.30. The molecular weight excluding hydrogens is 318 g/mol. The number of nitrogens with zero attached hydrogens (tertiary/aromatic N) is 1. The van der Waals surface area contributed by atoms with Crippen LogP contribution in [-0.4, -0.2) is 42.7 Å². The lowest BCUT2D eigenvalue weighted by Crippen LogP contribution is -2.55. The number of carbonyl (C=O) groups excluding carboxylic acids is 1. The molecule has 1 aromatic rings. The Morgan fingerprint density at radius 3 is 2.61 bits per heavy atom. The maximum atomic E-state index is 12.7. The van der Waals surface area contributed by atoms with Crippen molar-refractivity contribution in [1.29, 1.82) is 0 Å². The number of hydrogen-bond acceptors (Lipinski definition) is 4. The molecule has 1 heterocycles. The molecule has 1 fully saturated rings. The summed E-state index contributed by atoms with van der Waals surface area (Å²) in [5.74, 6) is -1.55. The molecule has 1 aliphatic carbocycles. The van der Waals surface area contributed by atoms with Crippen LogP contribution in [0.2, 0.25) is 0 Å². The molecule has 7 heteroatoms. The minimum Gasteiger partial charge on any atom is -0.481 e. The van der Waals surface area contributed by atoms with Gasteiger partial charge in [-0.05, 0) is 30.5 Å². The highest BCUT2D eigenvalue weighted by atomic mass is 32.2. The minimum atomic E-state index is -3.75. The smallest absolute Gasteiger partial charge is 0.315 e. The summed E-state index contributed by atoms with van der Waals surface area (Å²) < 4.78 is 26.7. The Morgan fingerprint density at radius 1 is 1.26 bits per heavy atom. The molecule has 2 atom stereocenters. The van der Waals surface area contributed by atoms with Crippen molar-refractivity contribution in [3.05, 3.63) is 42.5 Å². The maximum Gasteiger partial charge on any atom is 0.315 e. The van der Waals surface area contributed by atoms with Crippen molar-refractivity contribution >= 4 is 21.8 Å². The summed E-state index contributed by atoms with van der Waals surface area (Å²) in [5.41, 5.74) is -1.33. The van der Waals surface area contributed by atoms with Gasteiger partial charge in [-0.1, -0.05) is 24.3 Å². The second-order valence-electron chi connectivity index (χ2n) is 5.99. The molecule has 0 bridgehead atoms. The summed E-state index contributed by atoms with van der Waals surface area (Å²) in [6.45, 7) is 0.0754.